The molecule has 1 aliphatic rings. The van der Waals surface area contributed by atoms with Gasteiger partial charge in [0.1, 0.15) is 23.3 Å². The average Bonchev–Trinajstić information content (AvgIpc) is 3.08. The van der Waals surface area contributed by atoms with Crippen LogP contribution >= 0.6 is 0 Å². The summed E-state index contributed by atoms with van der Waals surface area (Å²) in [4.78, 5) is 40.9. The van der Waals surface area contributed by atoms with Gasteiger partial charge < -0.3 is 19.5 Å². The zero-order valence-corrected chi connectivity index (χ0v) is 27.7. The van der Waals surface area contributed by atoms with E-state index in [0.717, 1.165) is 16.7 Å². The number of rotatable bonds is 9. The van der Waals surface area contributed by atoms with Gasteiger partial charge in [-0.15, -0.1) is 5.92 Å². The molecule has 4 aromatic rings. The molecule has 8 nitrogen and oxygen atoms in total. The van der Waals surface area contributed by atoms with Gasteiger partial charge in [0.05, 0.1) is 6.42 Å². The van der Waals surface area contributed by atoms with E-state index >= 15 is 0 Å². The van der Waals surface area contributed by atoms with E-state index in [2.05, 4.69) is 37.9 Å². The molecule has 0 radical (unpaired) electrons. The zero-order chi connectivity index (χ0) is 34.1. The van der Waals surface area contributed by atoms with Gasteiger partial charge in [-0.1, -0.05) is 87.4 Å². The smallest absolute Gasteiger partial charge is 0.411 e. The average molecular weight is 645 g/mol. The number of carbonyl (C=O) groups is 3. The summed E-state index contributed by atoms with van der Waals surface area (Å²) >= 11 is 0. The number of carbonyl (C=O) groups excluding carboxylic acids is 3. The highest BCUT2D eigenvalue weighted by Gasteiger charge is 2.37. The lowest BCUT2D eigenvalue weighted by atomic mass is 9.87. The molecule has 4 aromatic carbocycles. The number of ether oxygens (including phenoxy) is 3. The number of fused-ring (bicyclic) bond motifs is 1. The second kappa shape index (κ2) is 15.4. The van der Waals surface area contributed by atoms with Crippen molar-refractivity contribution in [2.75, 3.05) is 19.7 Å². The van der Waals surface area contributed by atoms with E-state index < -0.39 is 24.0 Å². The first-order chi connectivity index (χ1) is 23.1. The minimum Gasteiger partial charge on any atom is -0.457 e. The third-order valence-electron chi connectivity index (χ3n) is 8.05. The van der Waals surface area contributed by atoms with Crippen molar-refractivity contribution in [2.24, 2.45) is 0 Å². The highest BCUT2D eigenvalue weighted by Crippen LogP contribution is 2.35. The second-order valence-electron chi connectivity index (χ2n) is 12.5. The van der Waals surface area contributed by atoms with Gasteiger partial charge in [-0.3, -0.25) is 14.5 Å². The number of benzene rings is 4. The highest BCUT2D eigenvalue weighted by molar-refractivity contribution is 5.88. The van der Waals surface area contributed by atoms with Crippen LogP contribution in [0.25, 0.3) is 11.1 Å². The monoisotopic (exact) mass is 644 g/mol. The fourth-order valence-corrected chi connectivity index (χ4v) is 5.46. The second-order valence-corrected chi connectivity index (χ2v) is 12.5. The molecule has 1 heterocycles. The van der Waals surface area contributed by atoms with E-state index in [0.29, 0.717) is 29.2 Å². The molecule has 48 heavy (non-hydrogen) atoms. The molecule has 0 saturated heterocycles. The summed E-state index contributed by atoms with van der Waals surface area (Å²) in [7, 11) is 0. The van der Waals surface area contributed by atoms with Crippen LogP contribution in [0.2, 0.25) is 0 Å². The molecular weight excluding hydrogens is 604 g/mol. The maximum atomic E-state index is 13.7. The Hall–Kier alpha value is -5.55. The van der Waals surface area contributed by atoms with Crippen LogP contribution in [0.1, 0.15) is 56.8 Å². The van der Waals surface area contributed by atoms with Crippen LogP contribution in [0.3, 0.4) is 0 Å². The maximum absolute atomic E-state index is 13.7. The van der Waals surface area contributed by atoms with Crippen molar-refractivity contribution in [1.29, 1.82) is 0 Å². The van der Waals surface area contributed by atoms with Crippen molar-refractivity contribution in [1.82, 2.24) is 10.2 Å². The quantitative estimate of drug-likeness (QED) is 0.115. The lowest BCUT2D eigenvalue weighted by molar-refractivity contribution is -0.134. The molecule has 5 rings (SSSR count). The Bertz CT molecular complexity index is 1800. The van der Waals surface area contributed by atoms with Crippen LogP contribution in [0, 0.1) is 11.8 Å². The summed E-state index contributed by atoms with van der Waals surface area (Å²) in [5, 5.41) is 2.82. The SMILES string of the molecule is CC#CCOC(=O)N1CCc2ccc(Oc3ccc(C(C)(C)C)cc3)cc2[C@H]1C(=O)NCCC(=O)Oc1ccc(-c2ccccc2)cc1. The lowest BCUT2D eigenvalue weighted by Crippen LogP contribution is -2.47. The van der Waals surface area contributed by atoms with Gasteiger partial charge in [0.2, 0.25) is 5.91 Å². The molecule has 8 heteroatoms. The molecule has 246 valence electrons. The molecule has 0 bridgehead atoms. The third-order valence-corrected chi connectivity index (χ3v) is 8.05. The summed E-state index contributed by atoms with van der Waals surface area (Å²) in [6, 6.07) is 29.6. The number of nitrogens with zero attached hydrogens (tertiary/aromatic N) is 1. The van der Waals surface area contributed by atoms with E-state index in [1.165, 1.54) is 10.5 Å². The normalized spacial score (nSPS) is 13.8. The van der Waals surface area contributed by atoms with Gasteiger partial charge in [0, 0.05) is 13.1 Å². The van der Waals surface area contributed by atoms with Crippen molar-refractivity contribution >= 4 is 18.0 Å². The van der Waals surface area contributed by atoms with E-state index in [1.54, 1.807) is 25.1 Å². The molecule has 0 fully saturated rings. The van der Waals surface area contributed by atoms with Crippen LogP contribution in [0.5, 0.6) is 17.2 Å². The molecule has 1 aliphatic heterocycles. The van der Waals surface area contributed by atoms with Gasteiger partial charge >= 0.3 is 12.1 Å². The van der Waals surface area contributed by atoms with Crippen LogP contribution < -0.4 is 14.8 Å². The van der Waals surface area contributed by atoms with Gasteiger partial charge in [-0.25, -0.2) is 4.79 Å². The number of esters is 1. The first-order valence-electron chi connectivity index (χ1n) is 16.0. The van der Waals surface area contributed by atoms with Gasteiger partial charge in [0.25, 0.3) is 0 Å². The van der Waals surface area contributed by atoms with Crippen LogP contribution in [-0.2, 0) is 26.2 Å². The van der Waals surface area contributed by atoms with Gasteiger partial charge in [-0.2, -0.15) is 0 Å². The van der Waals surface area contributed by atoms with Crippen LogP contribution in [0.15, 0.2) is 97.1 Å². The van der Waals surface area contributed by atoms with Crippen molar-refractivity contribution in [3.8, 4) is 40.2 Å². The largest absolute Gasteiger partial charge is 0.457 e. The summed E-state index contributed by atoms with van der Waals surface area (Å²) < 4.78 is 17.0. The first kappa shape index (κ1) is 33.8. The summed E-state index contributed by atoms with van der Waals surface area (Å²) in [5.41, 5.74) is 4.81. The Morgan fingerprint density at radius 3 is 2.21 bits per heavy atom. The molecule has 0 unspecified atom stereocenters. The zero-order valence-electron chi connectivity index (χ0n) is 27.7. The van der Waals surface area contributed by atoms with Crippen molar-refractivity contribution in [3.63, 3.8) is 0 Å². The van der Waals surface area contributed by atoms with Crippen LogP contribution in [-0.4, -0.2) is 42.6 Å². The van der Waals surface area contributed by atoms with E-state index in [1.807, 2.05) is 78.9 Å². The predicted molar refractivity (Wildman–Crippen MR) is 185 cm³/mol. The molecule has 0 aliphatic carbocycles. The fourth-order valence-electron chi connectivity index (χ4n) is 5.46. The standard InChI is InChI=1S/C40H40N2O6/c1-5-6-26-46-39(45)42-25-23-30-14-19-34(47-32-20-15-31(16-21-32)40(2,3)4)27-35(30)37(42)38(44)41-24-22-36(43)48-33-17-12-29(13-18-33)28-10-8-7-9-11-28/h7-21,27,37H,22-26H2,1-4H3,(H,41,44)/t37-/m0/s1. The highest BCUT2D eigenvalue weighted by atomic mass is 16.6. The van der Waals surface area contributed by atoms with E-state index in [9.17, 15) is 14.4 Å². The Morgan fingerprint density at radius 1 is 0.854 bits per heavy atom. The van der Waals surface area contributed by atoms with Crippen molar-refractivity contribution < 1.29 is 28.6 Å². The Kier molecular flexibility index (Phi) is 10.8. The van der Waals surface area contributed by atoms with Crippen molar-refractivity contribution in [2.45, 2.75) is 52.0 Å². The number of hydrogen-bond donors (Lipinski definition) is 1. The minimum absolute atomic E-state index is 0.0105. The topological polar surface area (TPSA) is 94.2 Å². The molecule has 1 atom stereocenters. The Labute approximate surface area is 282 Å². The van der Waals surface area contributed by atoms with E-state index in [4.69, 9.17) is 14.2 Å². The minimum atomic E-state index is -0.996. The Balaban J connectivity index is 1.27. The van der Waals surface area contributed by atoms with Gasteiger partial charge in [-0.05, 0) is 83.0 Å². The van der Waals surface area contributed by atoms with Crippen LogP contribution in [0.4, 0.5) is 4.79 Å². The molecule has 1 N–H and O–H groups in total. The molecule has 0 spiro atoms. The lowest BCUT2D eigenvalue weighted by Gasteiger charge is -2.35. The van der Waals surface area contributed by atoms with Crippen molar-refractivity contribution in [3.05, 3.63) is 114 Å². The number of nitrogens with one attached hydrogen (secondary N) is 1. The summed E-state index contributed by atoms with van der Waals surface area (Å²) in [6.45, 7) is 8.32. The predicted octanol–water partition coefficient (Wildman–Crippen LogP) is 7.61. The van der Waals surface area contributed by atoms with Gasteiger partial charge in [0.15, 0.2) is 6.61 Å². The molecule has 2 amide bonds. The molecular formula is C40H40N2O6. The van der Waals surface area contributed by atoms with E-state index in [-0.39, 0.29) is 31.5 Å². The number of hydrogen-bond acceptors (Lipinski definition) is 6. The Morgan fingerprint density at radius 2 is 1.52 bits per heavy atom. The maximum Gasteiger partial charge on any atom is 0.411 e. The molecule has 0 aromatic heterocycles. The summed E-state index contributed by atoms with van der Waals surface area (Å²) in [6.07, 6.45) is -0.175. The molecule has 0 saturated carbocycles. The number of amides is 2. The summed E-state index contributed by atoms with van der Waals surface area (Å²) in [5.74, 6) is 6.08. The fraction of sp³-hybridized carbons (Fsp3) is 0.275. The first-order valence-corrected chi connectivity index (χ1v) is 16.0. The third kappa shape index (κ3) is 8.62.